The van der Waals surface area contributed by atoms with Gasteiger partial charge in [-0.3, -0.25) is 4.68 Å². The number of benzene rings is 1. The molecule has 49 heavy (non-hydrogen) atoms. The molecule has 0 spiro atoms. The van der Waals surface area contributed by atoms with Gasteiger partial charge < -0.3 is 19.4 Å². The molecular formula is C32H33F6N9O2. The Morgan fingerprint density at radius 3 is 2.14 bits per heavy atom. The van der Waals surface area contributed by atoms with Crippen molar-refractivity contribution in [2.75, 3.05) is 48.0 Å². The minimum absolute atomic E-state index is 0.105. The minimum atomic E-state index is -5.00. The first-order valence-electron chi connectivity index (χ1n) is 15.6. The Morgan fingerprint density at radius 2 is 1.55 bits per heavy atom. The second-order valence-corrected chi connectivity index (χ2v) is 12.1. The van der Waals surface area contributed by atoms with Gasteiger partial charge >= 0.3 is 18.3 Å². The number of piperidine rings is 1. The molecule has 0 bridgehead atoms. The average molecular weight is 690 g/mol. The van der Waals surface area contributed by atoms with Crippen molar-refractivity contribution in [1.29, 1.82) is 0 Å². The molecule has 5 heterocycles. The lowest BCUT2D eigenvalue weighted by atomic mass is 10.0. The highest BCUT2D eigenvalue weighted by molar-refractivity contribution is 5.94. The van der Waals surface area contributed by atoms with E-state index >= 15 is 0 Å². The largest absolute Gasteiger partial charge is 0.465 e. The van der Waals surface area contributed by atoms with Crippen LogP contribution in [0.4, 0.5) is 44.1 Å². The second-order valence-electron chi connectivity index (χ2n) is 12.1. The number of aromatic nitrogens is 6. The van der Waals surface area contributed by atoms with Crippen molar-refractivity contribution in [2.45, 2.75) is 50.6 Å². The van der Waals surface area contributed by atoms with Gasteiger partial charge in [0.15, 0.2) is 0 Å². The fraction of sp³-hybridized carbons (Fsp3) is 0.438. The Labute approximate surface area is 277 Å². The van der Waals surface area contributed by atoms with E-state index in [9.17, 15) is 31.1 Å². The molecule has 0 radical (unpaired) electrons. The number of rotatable bonds is 8. The van der Waals surface area contributed by atoms with Crippen LogP contribution in [0.5, 0.6) is 0 Å². The first-order chi connectivity index (χ1) is 23.3. The number of ether oxygens (including phenoxy) is 1. The first-order valence-corrected chi connectivity index (χ1v) is 15.6. The summed E-state index contributed by atoms with van der Waals surface area (Å²) in [6, 6.07) is 1.04. The van der Waals surface area contributed by atoms with Crippen molar-refractivity contribution in [3.05, 3.63) is 71.4 Å². The van der Waals surface area contributed by atoms with Gasteiger partial charge in [-0.05, 0) is 49.4 Å². The Bertz CT molecular complexity index is 1760. The number of methoxy groups -OCH3 is 1. The van der Waals surface area contributed by atoms with E-state index in [1.54, 1.807) is 29.0 Å². The SMILES string of the molecule is COC(=O)c1cnc(N2CCCCC2)nc1N1CC[C@H](N(Cc2cc(C(F)(F)F)cc(C(F)(F)F)c2)c2ncc(-c3cnn(C)c3)cn2)C1. The van der Waals surface area contributed by atoms with Crippen LogP contribution in [0.3, 0.4) is 0 Å². The van der Waals surface area contributed by atoms with E-state index < -0.39 is 35.5 Å². The Balaban J connectivity index is 1.36. The van der Waals surface area contributed by atoms with Gasteiger partial charge in [0.25, 0.3) is 0 Å². The fourth-order valence-corrected chi connectivity index (χ4v) is 6.15. The highest BCUT2D eigenvalue weighted by atomic mass is 19.4. The number of carbonyl (C=O) groups is 1. The summed E-state index contributed by atoms with van der Waals surface area (Å²) < 4.78 is 89.2. The molecule has 2 saturated heterocycles. The van der Waals surface area contributed by atoms with E-state index in [4.69, 9.17) is 9.72 Å². The molecule has 2 aliphatic heterocycles. The van der Waals surface area contributed by atoms with Crippen molar-refractivity contribution in [3.63, 3.8) is 0 Å². The number of hydrogen-bond donors (Lipinski definition) is 0. The lowest BCUT2D eigenvalue weighted by Crippen LogP contribution is -2.39. The highest BCUT2D eigenvalue weighted by Gasteiger charge is 2.38. The van der Waals surface area contributed by atoms with Gasteiger partial charge in [-0.1, -0.05) is 0 Å². The van der Waals surface area contributed by atoms with Gasteiger partial charge in [-0.25, -0.2) is 19.7 Å². The molecule has 0 amide bonds. The fourth-order valence-electron chi connectivity index (χ4n) is 6.15. The molecule has 1 atom stereocenters. The summed E-state index contributed by atoms with van der Waals surface area (Å²) in [7, 11) is 2.99. The van der Waals surface area contributed by atoms with Crippen LogP contribution in [0.1, 0.15) is 52.7 Å². The molecule has 0 N–H and O–H groups in total. The van der Waals surface area contributed by atoms with Crippen LogP contribution in [-0.2, 0) is 30.7 Å². The van der Waals surface area contributed by atoms with Crippen LogP contribution in [0, 0.1) is 0 Å². The molecule has 2 aliphatic rings. The van der Waals surface area contributed by atoms with E-state index in [0.29, 0.717) is 42.4 Å². The summed E-state index contributed by atoms with van der Waals surface area (Å²) in [5.41, 5.74) is -1.55. The zero-order chi connectivity index (χ0) is 34.9. The number of esters is 1. The van der Waals surface area contributed by atoms with Crippen LogP contribution in [0.15, 0.2) is 49.2 Å². The van der Waals surface area contributed by atoms with Gasteiger partial charge in [0.2, 0.25) is 11.9 Å². The summed E-state index contributed by atoms with van der Waals surface area (Å²) in [5, 5.41) is 4.14. The molecule has 3 aromatic heterocycles. The third kappa shape index (κ3) is 7.54. The monoisotopic (exact) mass is 689 g/mol. The highest BCUT2D eigenvalue weighted by Crippen LogP contribution is 2.37. The molecule has 0 aliphatic carbocycles. The van der Waals surface area contributed by atoms with E-state index in [0.717, 1.165) is 37.9 Å². The summed E-state index contributed by atoms with van der Waals surface area (Å²) in [6.07, 6.45) is 1.28. The molecule has 11 nitrogen and oxygen atoms in total. The predicted molar refractivity (Wildman–Crippen MR) is 167 cm³/mol. The van der Waals surface area contributed by atoms with E-state index in [1.807, 2.05) is 9.80 Å². The average Bonchev–Trinajstić information content (AvgIpc) is 3.76. The lowest BCUT2D eigenvalue weighted by molar-refractivity contribution is -0.143. The van der Waals surface area contributed by atoms with E-state index in [1.165, 1.54) is 25.7 Å². The maximum atomic E-state index is 13.8. The molecule has 0 unspecified atom stereocenters. The zero-order valence-electron chi connectivity index (χ0n) is 26.7. The summed E-state index contributed by atoms with van der Waals surface area (Å²) >= 11 is 0. The van der Waals surface area contributed by atoms with Gasteiger partial charge in [0.1, 0.15) is 11.4 Å². The Hall–Kier alpha value is -4.96. The molecule has 17 heteroatoms. The standard InChI is InChI=1S/C32H33F6N9O2/c1-44-18-22(15-42-44)21-13-39-29(40-14-21)47(17-20-10-23(31(33,34)35)12-24(11-20)32(36,37)38)25-6-9-46(19-25)27-26(28(48)49-2)16-41-30(43-27)45-7-4-3-5-8-45/h10-16,18,25H,3-9,17,19H2,1-2H3/t25-/m0/s1. The number of hydrogen-bond acceptors (Lipinski definition) is 10. The molecule has 4 aromatic rings. The number of halogens is 6. The smallest absolute Gasteiger partial charge is 0.416 e. The van der Waals surface area contributed by atoms with Crippen LogP contribution in [0.2, 0.25) is 0 Å². The van der Waals surface area contributed by atoms with Crippen LogP contribution >= 0.6 is 0 Å². The van der Waals surface area contributed by atoms with Crippen molar-refractivity contribution >= 4 is 23.7 Å². The lowest BCUT2D eigenvalue weighted by Gasteiger charge is -2.31. The van der Waals surface area contributed by atoms with Crippen LogP contribution in [-0.4, -0.2) is 75.0 Å². The van der Waals surface area contributed by atoms with Crippen molar-refractivity contribution in [2.24, 2.45) is 7.05 Å². The van der Waals surface area contributed by atoms with Crippen LogP contribution in [0.25, 0.3) is 11.1 Å². The summed E-state index contributed by atoms with van der Waals surface area (Å²) in [6.45, 7) is 1.74. The third-order valence-electron chi connectivity index (χ3n) is 8.64. The first kappa shape index (κ1) is 33.9. The van der Waals surface area contributed by atoms with Gasteiger partial charge in [-0.15, -0.1) is 0 Å². The maximum absolute atomic E-state index is 13.8. The maximum Gasteiger partial charge on any atom is 0.416 e. The molecule has 6 rings (SSSR count). The summed E-state index contributed by atoms with van der Waals surface area (Å²) in [4.78, 5) is 36.4. The number of nitrogens with zero attached hydrogens (tertiary/aromatic N) is 9. The van der Waals surface area contributed by atoms with E-state index in [2.05, 4.69) is 20.1 Å². The number of aryl methyl sites for hydroxylation is 1. The second kappa shape index (κ2) is 13.5. The predicted octanol–water partition coefficient (Wildman–Crippen LogP) is 5.77. The number of carbonyl (C=O) groups excluding carboxylic acids is 1. The topological polar surface area (TPSA) is 105 Å². The Morgan fingerprint density at radius 1 is 0.878 bits per heavy atom. The minimum Gasteiger partial charge on any atom is -0.465 e. The Kier molecular flexibility index (Phi) is 9.35. The molecular weight excluding hydrogens is 656 g/mol. The molecule has 260 valence electrons. The van der Waals surface area contributed by atoms with E-state index in [-0.39, 0.29) is 36.2 Å². The van der Waals surface area contributed by atoms with Crippen molar-refractivity contribution in [3.8, 4) is 11.1 Å². The molecule has 1 aromatic carbocycles. The van der Waals surface area contributed by atoms with Crippen molar-refractivity contribution in [1.82, 2.24) is 29.7 Å². The van der Waals surface area contributed by atoms with Gasteiger partial charge in [-0.2, -0.15) is 36.4 Å². The normalized spacial score (nSPS) is 17.0. The molecule has 2 fully saturated rings. The summed E-state index contributed by atoms with van der Waals surface area (Å²) in [5.74, 6) is 0.255. The van der Waals surface area contributed by atoms with Gasteiger partial charge in [0.05, 0.1) is 30.5 Å². The van der Waals surface area contributed by atoms with Gasteiger partial charge in [0, 0.05) is 75.7 Å². The van der Waals surface area contributed by atoms with Crippen molar-refractivity contribution < 1.29 is 35.9 Å². The quantitative estimate of drug-likeness (QED) is 0.167. The molecule has 0 saturated carbocycles. The van der Waals surface area contributed by atoms with Crippen LogP contribution < -0.4 is 14.7 Å². The zero-order valence-corrected chi connectivity index (χ0v) is 26.7. The number of anilines is 3. The number of alkyl halides is 6. The third-order valence-corrected chi connectivity index (χ3v) is 8.64.